The Balaban J connectivity index is 1.46. The fourth-order valence-electron chi connectivity index (χ4n) is 4.12. The number of methoxy groups -OCH3 is 1. The number of nitrogens with zero attached hydrogens (tertiary/aromatic N) is 3. The maximum absolute atomic E-state index is 12.3. The van der Waals surface area contributed by atoms with Crippen LogP contribution in [0.2, 0.25) is 0 Å². The Hall–Kier alpha value is -4.38. The largest absolute Gasteiger partial charge is 0.493 e. The van der Waals surface area contributed by atoms with Gasteiger partial charge in [-0.2, -0.15) is 5.10 Å². The van der Waals surface area contributed by atoms with E-state index in [4.69, 9.17) is 15.2 Å². The number of rotatable bonds is 6. The van der Waals surface area contributed by atoms with Crippen LogP contribution < -0.4 is 15.2 Å². The van der Waals surface area contributed by atoms with E-state index in [1.807, 2.05) is 55.5 Å². The lowest BCUT2D eigenvalue weighted by Crippen LogP contribution is -2.41. The van der Waals surface area contributed by atoms with E-state index in [1.165, 1.54) is 0 Å². The van der Waals surface area contributed by atoms with E-state index in [2.05, 4.69) is 26.9 Å². The predicted octanol–water partition coefficient (Wildman–Crippen LogP) is 3.61. The van der Waals surface area contributed by atoms with Gasteiger partial charge in [-0.25, -0.2) is 4.52 Å². The lowest BCUT2D eigenvalue weighted by molar-refractivity contribution is 0.0994. The maximum Gasteiger partial charge on any atom is 0.269 e. The Morgan fingerprint density at radius 3 is 2.55 bits per heavy atom. The minimum Gasteiger partial charge on any atom is -0.493 e. The average Bonchev–Trinajstić information content (AvgIpc) is 3.36. The first-order chi connectivity index (χ1) is 16.1. The van der Waals surface area contributed by atoms with Crippen LogP contribution in [0, 0.1) is 12.0 Å². The first-order valence-corrected chi connectivity index (χ1v) is 10.6. The molecule has 0 aliphatic carbocycles. The molecule has 166 valence electrons. The van der Waals surface area contributed by atoms with Gasteiger partial charge in [-0.05, 0) is 43.3 Å². The van der Waals surface area contributed by atoms with Gasteiger partial charge in [-0.3, -0.25) is 4.79 Å². The lowest BCUT2D eigenvalue weighted by Gasteiger charge is -2.35. The van der Waals surface area contributed by atoms with Crippen molar-refractivity contribution in [3.63, 3.8) is 0 Å². The molecule has 0 bridgehead atoms. The van der Waals surface area contributed by atoms with Gasteiger partial charge >= 0.3 is 0 Å². The third-order valence-corrected chi connectivity index (χ3v) is 5.75. The highest BCUT2D eigenvalue weighted by atomic mass is 16.5. The summed E-state index contributed by atoms with van der Waals surface area (Å²) in [6.45, 7) is 3.49. The zero-order chi connectivity index (χ0) is 22.9. The maximum atomic E-state index is 12.3. The van der Waals surface area contributed by atoms with Gasteiger partial charge in [-0.15, -0.1) is 0 Å². The van der Waals surface area contributed by atoms with Crippen molar-refractivity contribution in [3.8, 4) is 40.5 Å². The molecule has 0 saturated carbocycles. The Morgan fingerprint density at radius 2 is 1.88 bits per heavy atom. The molecule has 8 nitrogen and oxygen atoms in total. The van der Waals surface area contributed by atoms with Gasteiger partial charge in [0.1, 0.15) is 11.4 Å². The number of likely N-dealkylation sites (tertiary alicyclic amines) is 1. The van der Waals surface area contributed by atoms with Crippen LogP contribution in [0.5, 0.6) is 17.2 Å². The number of hydrogen-bond donors (Lipinski definition) is 2. The number of nitrogens with two attached hydrogens (primary N) is 1. The van der Waals surface area contributed by atoms with Crippen molar-refractivity contribution in [2.45, 2.75) is 12.8 Å². The van der Waals surface area contributed by atoms with Gasteiger partial charge in [0, 0.05) is 36.2 Å². The average molecular weight is 441 g/mol. The van der Waals surface area contributed by atoms with E-state index in [1.54, 1.807) is 17.8 Å². The highest BCUT2D eigenvalue weighted by Gasteiger charge is 2.31. The summed E-state index contributed by atoms with van der Waals surface area (Å²) in [4.78, 5) is 17.8. The molecule has 2 aromatic heterocycles. The van der Waals surface area contributed by atoms with Crippen LogP contribution >= 0.6 is 0 Å². The van der Waals surface area contributed by atoms with Gasteiger partial charge in [0.15, 0.2) is 17.2 Å². The third kappa shape index (κ3) is 3.64. The molecule has 33 heavy (non-hydrogen) atoms. The van der Waals surface area contributed by atoms with Crippen LogP contribution in [-0.4, -0.2) is 45.6 Å². The highest BCUT2D eigenvalue weighted by Crippen LogP contribution is 2.34. The molecule has 1 fully saturated rings. The summed E-state index contributed by atoms with van der Waals surface area (Å²) in [5.41, 5.74) is 9.31. The molecule has 1 amide bonds. The Morgan fingerprint density at radius 1 is 1.15 bits per heavy atom. The van der Waals surface area contributed by atoms with Crippen LogP contribution in [0.1, 0.15) is 28.9 Å². The summed E-state index contributed by atoms with van der Waals surface area (Å²) >= 11 is 0. The number of amides is 1. The number of imidazole rings is 1. The van der Waals surface area contributed by atoms with Crippen LogP contribution in [0.25, 0.3) is 16.9 Å². The zero-order valence-electron chi connectivity index (χ0n) is 18.3. The normalized spacial score (nSPS) is 13.3. The van der Waals surface area contributed by atoms with Gasteiger partial charge in [0.25, 0.3) is 5.91 Å². The van der Waals surface area contributed by atoms with Crippen molar-refractivity contribution in [1.29, 1.82) is 0 Å². The van der Waals surface area contributed by atoms with Crippen molar-refractivity contribution in [2.75, 3.05) is 20.2 Å². The molecule has 8 heteroatoms. The molecule has 1 aliphatic rings. The molecule has 0 spiro atoms. The van der Waals surface area contributed by atoms with Crippen LogP contribution in [0.15, 0.2) is 54.7 Å². The number of aromatic nitrogens is 3. The molecular formula is C25H23N5O3. The van der Waals surface area contributed by atoms with E-state index in [0.29, 0.717) is 34.6 Å². The quantitative estimate of drug-likeness (QED) is 0.446. The van der Waals surface area contributed by atoms with E-state index < -0.39 is 5.91 Å². The number of nitrogens with one attached hydrogen (secondary N) is 1. The number of carbonyl (C=O) groups is 1. The Labute approximate surface area is 190 Å². The lowest BCUT2D eigenvalue weighted by atomic mass is 9.94. The van der Waals surface area contributed by atoms with Crippen molar-refractivity contribution in [1.82, 2.24) is 19.5 Å². The van der Waals surface area contributed by atoms with Crippen LogP contribution in [0.4, 0.5) is 0 Å². The molecule has 5 rings (SSSR count). The van der Waals surface area contributed by atoms with Crippen molar-refractivity contribution < 1.29 is 14.3 Å². The summed E-state index contributed by atoms with van der Waals surface area (Å²) in [5, 5.41) is 4.44. The molecule has 0 radical (unpaired) electrons. The van der Waals surface area contributed by atoms with E-state index >= 15 is 0 Å². The van der Waals surface area contributed by atoms with E-state index in [-0.39, 0.29) is 0 Å². The smallest absolute Gasteiger partial charge is 0.269 e. The van der Waals surface area contributed by atoms with Crippen LogP contribution in [0.3, 0.4) is 0 Å². The Kier molecular flexibility index (Phi) is 5.15. The minimum absolute atomic E-state index is 0.298. The van der Waals surface area contributed by atoms with Gasteiger partial charge in [0.2, 0.25) is 0 Å². The molecule has 1 aliphatic heterocycles. The molecule has 0 unspecified atom stereocenters. The van der Waals surface area contributed by atoms with Gasteiger partial charge in [0.05, 0.1) is 19.0 Å². The van der Waals surface area contributed by atoms with Crippen molar-refractivity contribution in [3.05, 3.63) is 66.0 Å². The summed E-state index contributed by atoms with van der Waals surface area (Å²) in [6.07, 6.45) is 1.80. The second kappa shape index (κ2) is 8.28. The third-order valence-electron chi connectivity index (χ3n) is 5.75. The number of fused-ring (bicyclic) bond motifs is 1. The number of hydrogen-bond acceptors (Lipinski definition) is 5. The monoisotopic (exact) mass is 441 g/mol. The standard InChI is InChI=1S/C25H23N5O3/c1-3-12-29-14-17(15-29)19-13-27-30-23(24(26)31)22(28-25(19)30)16-8-10-18(11-9-16)33-21-7-5-4-6-20(21)32-2/h4-11,13,17,28H,14-15H2,1-2H3,(H2,26,31). The fourth-order valence-corrected chi connectivity index (χ4v) is 4.12. The summed E-state index contributed by atoms with van der Waals surface area (Å²) in [7, 11) is 1.60. The first kappa shape index (κ1) is 20.5. The number of ether oxygens (including phenoxy) is 2. The van der Waals surface area contributed by atoms with Gasteiger partial charge < -0.3 is 25.1 Å². The Bertz CT molecular complexity index is 1390. The molecule has 4 aromatic rings. The number of benzene rings is 2. The summed E-state index contributed by atoms with van der Waals surface area (Å²) < 4.78 is 12.9. The number of para-hydroxylation sites is 2. The molecule has 3 N–H and O–H groups in total. The van der Waals surface area contributed by atoms with Crippen molar-refractivity contribution >= 4 is 11.6 Å². The fraction of sp³-hybridized carbons (Fsp3) is 0.200. The van der Waals surface area contributed by atoms with E-state index in [0.717, 1.165) is 29.9 Å². The summed E-state index contributed by atoms with van der Waals surface area (Å²) in [6, 6.07) is 17.9. The molecule has 3 heterocycles. The molecular weight excluding hydrogens is 418 g/mol. The number of aromatic amines is 1. The number of carbonyl (C=O) groups excluding carboxylic acids is 1. The predicted molar refractivity (Wildman–Crippen MR) is 124 cm³/mol. The second-order valence-electron chi connectivity index (χ2n) is 7.81. The molecule has 1 saturated heterocycles. The second-order valence-corrected chi connectivity index (χ2v) is 7.81. The topological polar surface area (TPSA) is 97.9 Å². The SMILES string of the molecule is CC#CN1CC(c2cnn3c(C(N)=O)c(-c4ccc(Oc5ccccc5OC)cc4)[nH]c23)C1. The number of H-pyrrole nitrogens is 1. The minimum atomic E-state index is -0.549. The van der Waals surface area contributed by atoms with E-state index in [9.17, 15) is 4.79 Å². The zero-order valence-corrected chi connectivity index (χ0v) is 18.3. The summed E-state index contributed by atoms with van der Waals surface area (Å²) in [5.74, 6) is 4.58. The number of primary amides is 1. The molecule has 2 aromatic carbocycles. The van der Waals surface area contributed by atoms with Crippen LogP contribution in [-0.2, 0) is 0 Å². The first-order valence-electron chi connectivity index (χ1n) is 10.6. The van der Waals surface area contributed by atoms with Gasteiger partial charge in [-0.1, -0.05) is 18.1 Å². The molecule has 0 atom stereocenters. The highest BCUT2D eigenvalue weighted by molar-refractivity contribution is 5.98. The van der Waals surface area contributed by atoms with Crippen molar-refractivity contribution in [2.24, 2.45) is 5.73 Å².